The Morgan fingerprint density at radius 1 is 1.04 bits per heavy atom. The normalized spacial score (nSPS) is 10.4. The zero-order chi connectivity index (χ0) is 16.7. The standard InChI is InChI=1S/C18H22N2O3/c1-20(13-17(21)19-15-9-5-4-6-10-15)12-14-8-7-11-16(22-2)18(14)23-3/h4-11H,12-13H2,1-3H3,(H,19,21). The SMILES string of the molecule is COc1cccc(CN(C)CC(=O)Nc2ccccc2)c1OC. The summed E-state index contributed by atoms with van der Waals surface area (Å²) in [5.41, 5.74) is 1.77. The second-order valence-electron chi connectivity index (χ2n) is 5.24. The van der Waals surface area contributed by atoms with Gasteiger partial charge in [0.1, 0.15) is 0 Å². The third-order valence-corrected chi connectivity index (χ3v) is 3.40. The number of anilines is 1. The molecule has 0 aromatic heterocycles. The molecule has 0 atom stereocenters. The Morgan fingerprint density at radius 3 is 2.43 bits per heavy atom. The summed E-state index contributed by atoms with van der Waals surface area (Å²) in [5, 5.41) is 2.87. The van der Waals surface area contributed by atoms with E-state index in [2.05, 4.69) is 5.32 Å². The van der Waals surface area contributed by atoms with E-state index in [1.54, 1.807) is 14.2 Å². The van der Waals surface area contributed by atoms with E-state index in [0.717, 1.165) is 11.3 Å². The van der Waals surface area contributed by atoms with Crippen LogP contribution in [0, 0.1) is 0 Å². The minimum Gasteiger partial charge on any atom is -0.493 e. The Balaban J connectivity index is 1.97. The van der Waals surface area contributed by atoms with E-state index in [4.69, 9.17) is 9.47 Å². The molecule has 0 saturated carbocycles. The highest BCUT2D eigenvalue weighted by Crippen LogP contribution is 2.31. The Kier molecular flexibility index (Phi) is 6.00. The lowest BCUT2D eigenvalue weighted by atomic mass is 10.1. The number of likely N-dealkylation sites (N-methyl/N-ethyl adjacent to an activating group) is 1. The molecule has 0 fully saturated rings. The first-order chi connectivity index (χ1) is 11.1. The smallest absolute Gasteiger partial charge is 0.238 e. The monoisotopic (exact) mass is 314 g/mol. The Morgan fingerprint density at radius 2 is 1.78 bits per heavy atom. The average Bonchev–Trinajstić information content (AvgIpc) is 2.55. The molecule has 5 heteroatoms. The predicted molar refractivity (Wildman–Crippen MR) is 91.0 cm³/mol. The number of carbonyl (C=O) groups excluding carboxylic acids is 1. The van der Waals surface area contributed by atoms with Gasteiger partial charge in [-0.2, -0.15) is 0 Å². The van der Waals surface area contributed by atoms with Crippen molar-refractivity contribution in [3.63, 3.8) is 0 Å². The molecule has 0 aliphatic heterocycles. The first kappa shape index (κ1) is 16.8. The van der Waals surface area contributed by atoms with Crippen molar-refractivity contribution < 1.29 is 14.3 Å². The highest BCUT2D eigenvalue weighted by molar-refractivity contribution is 5.92. The van der Waals surface area contributed by atoms with Crippen molar-refractivity contribution in [2.24, 2.45) is 0 Å². The molecule has 1 amide bonds. The quantitative estimate of drug-likeness (QED) is 0.854. The molecule has 2 aromatic carbocycles. The summed E-state index contributed by atoms with van der Waals surface area (Å²) in [5.74, 6) is 1.33. The van der Waals surface area contributed by atoms with Crippen LogP contribution in [-0.2, 0) is 11.3 Å². The summed E-state index contributed by atoms with van der Waals surface area (Å²) in [4.78, 5) is 14.0. The minimum absolute atomic E-state index is 0.0550. The van der Waals surface area contributed by atoms with Gasteiger partial charge in [0.2, 0.25) is 5.91 Å². The van der Waals surface area contributed by atoms with E-state index >= 15 is 0 Å². The van der Waals surface area contributed by atoms with Crippen LogP contribution in [0.4, 0.5) is 5.69 Å². The Bertz CT molecular complexity index is 644. The summed E-state index contributed by atoms with van der Waals surface area (Å²) in [6, 6.07) is 15.1. The number of methoxy groups -OCH3 is 2. The topological polar surface area (TPSA) is 50.8 Å². The van der Waals surface area contributed by atoms with Crippen LogP contribution in [0.15, 0.2) is 48.5 Å². The zero-order valence-corrected chi connectivity index (χ0v) is 13.7. The molecular weight excluding hydrogens is 292 g/mol. The molecule has 0 saturated heterocycles. The lowest BCUT2D eigenvalue weighted by molar-refractivity contribution is -0.117. The highest BCUT2D eigenvalue weighted by Gasteiger charge is 2.13. The molecule has 0 unspecified atom stereocenters. The van der Waals surface area contributed by atoms with Gasteiger partial charge in [-0.15, -0.1) is 0 Å². The number of amides is 1. The molecule has 0 aliphatic carbocycles. The number of benzene rings is 2. The summed E-state index contributed by atoms with van der Waals surface area (Å²) in [6.07, 6.45) is 0. The van der Waals surface area contributed by atoms with Crippen LogP contribution in [0.2, 0.25) is 0 Å². The molecule has 0 radical (unpaired) electrons. The van der Waals surface area contributed by atoms with E-state index in [-0.39, 0.29) is 12.5 Å². The molecule has 122 valence electrons. The number of rotatable bonds is 7. The van der Waals surface area contributed by atoms with E-state index in [1.165, 1.54) is 0 Å². The van der Waals surface area contributed by atoms with Crippen LogP contribution in [0.3, 0.4) is 0 Å². The van der Waals surface area contributed by atoms with Crippen molar-refractivity contribution in [2.45, 2.75) is 6.54 Å². The number of nitrogens with one attached hydrogen (secondary N) is 1. The van der Waals surface area contributed by atoms with E-state index in [0.29, 0.717) is 18.0 Å². The highest BCUT2D eigenvalue weighted by atomic mass is 16.5. The number of carbonyl (C=O) groups is 1. The van der Waals surface area contributed by atoms with Gasteiger partial charge in [0.25, 0.3) is 0 Å². The maximum absolute atomic E-state index is 12.1. The van der Waals surface area contributed by atoms with E-state index < -0.39 is 0 Å². The third kappa shape index (κ3) is 4.72. The maximum atomic E-state index is 12.1. The average molecular weight is 314 g/mol. The fourth-order valence-electron chi connectivity index (χ4n) is 2.39. The summed E-state index contributed by atoms with van der Waals surface area (Å²) in [7, 11) is 5.12. The van der Waals surface area contributed by atoms with Crippen LogP contribution in [0.1, 0.15) is 5.56 Å². The van der Waals surface area contributed by atoms with E-state index in [9.17, 15) is 4.79 Å². The molecule has 1 N–H and O–H groups in total. The van der Waals surface area contributed by atoms with Gasteiger partial charge >= 0.3 is 0 Å². The maximum Gasteiger partial charge on any atom is 0.238 e. The van der Waals surface area contributed by atoms with Crippen LogP contribution in [-0.4, -0.2) is 38.6 Å². The zero-order valence-electron chi connectivity index (χ0n) is 13.7. The lowest BCUT2D eigenvalue weighted by Gasteiger charge is -2.19. The van der Waals surface area contributed by atoms with Crippen molar-refractivity contribution in [3.05, 3.63) is 54.1 Å². The molecule has 0 spiro atoms. The largest absolute Gasteiger partial charge is 0.493 e. The van der Waals surface area contributed by atoms with Gasteiger partial charge in [0, 0.05) is 17.8 Å². The molecule has 5 nitrogen and oxygen atoms in total. The molecule has 0 aliphatic rings. The summed E-state index contributed by atoms with van der Waals surface area (Å²) in [6.45, 7) is 0.873. The van der Waals surface area contributed by atoms with Gasteiger partial charge in [-0.05, 0) is 25.2 Å². The van der Waals surface area contributed by atoms with Crippen LogP contribution in [0.25, 0.3) is 0 Å². The minimum atomic E-state index is -0.0550. The number of hydrogen-bond donors (Lipinski definition) is 1. The fraction of sp³-hybridized carbons (Fsp3) is 0.278. The van der Waals surface area contributed by atoms with Crippen molar-refractivity contribution in [1.82, 2.24) is 4.90 Å². The predicted octanol–water partition coefficient (Wildman–Crippen LogP) is 2.77. The molecule has 2 rings (SSSR count). The van der Waals surface area contributed by atoms with Gasteiger partial charge in [-0.3, -0.25) is 9.69 Å². The molecule has 0 bridgehead atoms. The number of ether oxygens (including phenoxy) is 2. The molecule has 2 aromatic rings. The molecule has 0 heterocycles. The van der Waals surface area contributed by atoms with Gasteiger partial charge < -0.3 is 14.8 Å². The summed E-state index contributed by atoms with van der Waals surface area (Å²) >= 11 is 0. The molecule has 23 heavy (non-hydrogen) atoms. The second kappa shape index (κ2) is 8.19. The van der Waals surface area contributed by atoms with Gasteiger partial charge in [-0.1, -0.05) is 30.3 Å². The van der Waals surface area contributed by atoms with Gasteiger partial charge in [0.05, 0.1) is 20.8 Å². The van der Waals surface area contributed by atoms with Crippen molar-refractivity contribution in [1.29, 1.82) is 0 Å². The van der Waals surface area contributed by atoms with Crippen LogP contribution in [0.5, 0.6) is 11.5 Å². The fourth-order valence-corrected chi connectivity index (χ4v) is 2.39. The second-order valence-corrected chi connectivity index (χ2v) is 5.24. The Hall–Kier alpha value is -2.53. The van der Waals surface area contributed by atoms with Crippen molar-refractivity contribution in [3.8, 4) is 11.5 Å². The van der Waals surface area contributed by atoms with E-state index in [1.807, 2.05) is 60.5 Å². The lowest BCUT2D eigenvalue weighted by Crippen LogP contribution is -2.30. The van der Waals surface area contributed by atoms with Crippen LogP contribution >= 0.6 is 0 Å². The van der Waals surface area contributed by atoms with Crippen molar-refractivity contribution in [2.75, 3.05) is 33.1 Å². The van der Waals surface area contributed by atoms with Gasteiger partial charge in [0.15, 0.2) is 11.5 Å². The Labute approximate surface area is 136 Å². The first-order valence-electron chi connectivity index (χ1n) is 7.37. The summed E-state index contributed by atoms with van der Waals surface area (Å²) < 4.78 is 10.7. The number of para-hydroxylation sites is 2. The van der Waals surface area contributed by atoms with Crippen molar-refractivity contribution >= 4 is 11.6 Å². The number of hydrogen-bond acceptors (Lipinski definition) is 4. The van der Waals surface area contributed by atoms with Crippen LogP contribution < -0.4 is 14.8 Å². The number of nitrogens with zero attached hydrogens (tertiary/aromatic N) is 1. The molecular formula is C18H22N2O3. The first-order valence-corrected chi connectivity index (χ1v) is 7.37. The third-order valence-electron chi connectivity index (χ3n) is 3.40. The van der Waals surface area contributed by atoms with Gasteiger partial charge in [-0.25, -0.2) is 0 Å².